The van der Waals surface area contributed by atoms with Crippen LogP contribution in [0.15, 0.2) is 12.4 Å². The standard InChI is InChI=1S/C27H46BN5O5/c1-18(2)33(23-29-14-21(15-30-23)28-37-26(7,8)27(9,10)38-28)17-20-12-11-13-32(16-20)22(34)19(3)31-24(35)36-25(4,5)6/h14-15,18-20H,11-13,16-17H2,1-10H3,(H,31,35)/t19-,20-/m1/s1. The quantitative estimate of drug-likeness (QED) is 0.535. The summed E-state index contributed by atoms with van der Waals surface area (Å²) in [6.07, 6.45) is 4.89. The number of aromatic nitrogens is 2. The maximum atomic E-state index is 13.1. The third kappa shape index (κ3) is 7.37. The lowest BCUT2D eigenvalue weighted by atomic mass is 9.81. The van der Waals surface area contributed by atoms with Gasteiger partial charge < -0.3 is 29.2 Å². The third-order valence-corrected chi connectivity index (χ3v) is 7.45. The predicted molar refractivity (Wildman–Crippen MR) is 148 cm³/mol. The van der Waals surface area contributed by atoms with E-state index in [1.165, 1.54) is 0 Å². The van der Waals surface area contributed by atoms with Gasteiger partial charge in [0.1, 0.15) is 11.6 Å². The van der Waals surface area contributed by atoms with E-state index >= 15 is 0 Å². The highest BCUT2D eigenvalue weighted by atomic mass is 16.7. The first-order chi connectivity index (χ1) is 17.5. The molecule has 2 aliphatic rings. The van der Waals surface area contributed by atoms with Crippen LogP contribution in [0.1, 0.15) is 82.1 Å². The Balaban J connectivity index is 1.62. The summed E-state index contributed by atoms with van der Waals surface area (Å²) in [6, 6.07) is -0.479. The first kappa shape index (κ1) is 30.2. The molecule has 2 amide bonds. The molecular formula is C27H46BN5O5. The van der Waals surface area contributed by atoms with Crippen LogP contribution in [0.2, 0.25) is 0 Å². The van der Waals surface area contributed by atoms with Gasteiger partial charge in [-0.1, -0.05) is 0 Å². The molecule has 0 aromatic carbocycles. The van der Waals surface area contributed by atoms with Crippen molar-refractivity contribution in [2.24, 2.45) is 5.92 Å². The SMILES string of the molecule is CC(C)N(C[C@@H]1CCCN(C(=O)[C@@H](C)NC(=O)OC(C)(C)C)C1)c1ncc(B2OC(C)(C)C(C)(C)O2)cn1. The van der Waals surface area contributed by atoms with E-state index in [0.29, 0.717) is 19.0 Å². The predicted octanol–water partition coefficient (Wildman–Crippen LogP) is 3.14. The normalized spacial score (nSPS) is 21.8. The Labute approximate surface area is 228 Å². The lowest BCUT2D eigenvalue weighted by molar-refractivity contribution is -0.134. The van der Waals surface area contributed by atoms with Crippen LogP contribution in [-0.4, -0.2) is 82.5 Å². The number of likely N-dealkylation sites (tertiary alicyclic amines) is 1. The lowest BCUT2D eigenvalue weighted by Gasteiger charge is -2.38. The van der Waals surface area contributed by atoms with Crippen molar-refractivity contribution in [1.29, 1.82) is 0 Å². The number of carbonyl (C=O) groups excluding carboxylic acids is 2. The van der Waals surface area contributed by atoms with Crippen LogP contribution in [0, 0.1) is 5.92 Å². The van der Waals surface area contributed by atoms with Gasteiger partial charge in [0.15, 0.2) is 0 Å². The van der Waals surface area contributed by atoms with E-state index in [9.17, 15) is 9.59 Å². The fourth-order valence-corrected chi connectivity index (χ4v) is 4.62. The van der Waals surface area contributed by atoms with Gasteiger partial charge in [-0.15, -0.1) is 0 Å². The first-order valence-corrected chi connectivity index (χ1v) is 13.7. The number of nitrogens with zero attached hydrogens (tertiary/aromatic N) is 4. The van der Waals surface area contributed by atoms with E-state index in [0.717, 1.165) is 24.8 Å². The van der Waals surface area contributed by atoms with Crippen molar-refractivity contribution >= 4 is 30.5 Å². The van der Waals surface area contributed by atoms with Gasteiger partial charge in [0.05, 0.1) is 11.2 Å². The van der Waals surface area contributed by atoms with Crippen molar-refractivity contribution in [3.8, 4) is 0 Å². The number of nitrogens with one attached hydrogen (secondary N) is 1. The van der Waals surface area contributed by atoms with E-state index in [4.69, 9.17) is 14.0 Å². The Kier molecular flexibility index (Phi) is 9.03. The highest BCUT2D eigenvalue weighted by Crippen LogP contribution is 2.36. The maximum Gasteiger partial charge on any atom is 0.498 e. The van der Waals surface area contributed by atoms with Crippen LogP contribution in [0.3, 0.4) is 0 Å². The van der Waals surface area contributed by atoms with Gasteiger partial charge in [0.25, 0.3) is 0 Å². The van der Waals surface area contributed by atoms with Crippen molar-refractivity contribution in [2.45, 2.75) is 111 Å². The van der Waals surface area contributed by atoms with E-state index in [-0.39, 0.29) is 17.9 Å². The van der Waals surface area contributed by atoms with Crippen molar-refractivity contribution in [3.63, 3.8) is 0 Å². The second-order valence-electron chi connectivity index (χ2n) is 12.8. The smallest absolute Gasteiger partial charge is 0.444 e. The molecule has 10 nitrogen and oxygen atoms in total. The highest BCUT2D eigenvalue weighted by molar-refractivity contribution is 6.61. The summed E-state index contributed by atoms with van der Waals surface area (Å²) in [5.41, 5.74) is -0.680. The number of amides is 2. The highest BCUT2D eigenvalue weighted by Gasteiger charge is 2.52. The first-order valence-electron chi connectivity index (χ1n) is 13.7. The molecule has 1 N–H and O–H groups in total. The van der Waals surface area contributed by atoms with Gasteiger partial charge in [-0.2, -0.15) is 0 Å². The molecule has 11 heteroatoms. The van der Waals surface area contributed by atoms with Crippen LogP contribution in [0.25, 0.3) is 0 Å². The molecule has 0 saturated carbocycles. The number of carbonyl (C=O) groups is 2. The molecule has 0 bridgehead atoms. The van der Waals surface area contributed by atoms with Crippen molar-refractivity contribution < 1.29 is 23.6 Å². The molecule has 2 saturated heterocycles. The van der Waals surface area contributed by atoms with Crippen LogP contribution in [0.5, 0.6) is 0 Å². The summed E-state index contributed by atoms with van der Waals surface area (Å²) in [6.45, 7) is 21.4. The second kappa shape index (κ2) is 11.4. The molecule has 2 atom stereocenters. The molecule has 3 heterocycles. The zero-order valence-electron chi connectivity index (χ0n) is 24.8. The van der Waals surface area contributed by atoms with Gasteiger partial charge in [-0.05, 0) is 88.0 Å². The molecule has 38 heavy (non-hydrogen) atoms. The average molecular weight is 532 g/mol. The van der Waals surface area contributed by atoms with Crippen molar-refractivity contribution in [1.82, 2.24) is 20.2 Å². The Morgan fingerprint density at radius 2 is 1.74 bits per heavy atom. The molecule has 1 aromatic rings. The summed E-state index contributed by atoms with van der Waals surface area (Å²) in [5.74, 6) is 0.804. The Morgan fingerprint density at radius 3 is 2.26 bits per heavy atom. The second-order valence-corrected chi connectivity index (χ2v) is 12.8. The van der Waals surface area contributed by atoms with Crippen LogP contribution in [0.4, 0.5) is 10.7 Å². The molecule has 1 aromatic heterocycles. The van der Waals surface area contributed by atoms with Gasteiger partial charge >= 0.3 is 13.2 Å². The van der Waals surface area contributed by atoms with E-state index in [1.807, 2.05) is 32.6 Å². The fraction of sp³-hybridized carbons (Fsp3) is 0.778. The molecule has 0 aliphatic carbocycles. The minimum atomic E-state index is -0.657. The van der Waals surface area contributed by atoms with Gasteiger partial charge in [0.2, 0.25) is 11.9 Å². The summed E-state index contributed by atoms with van der Waals surface area (Å²) in [5, 5.41) is 2.67. The molecule has 212 valence electrons. The number of rotatable bonds is 7. The van der Waals surface area contributed by atoms with Gasteiger partial charge in [0, 0.05) is 43.5 Å². The molecule has 0 unspecified atom stereocenters. The summed E-state index contributed by atoms with van der Waals surface area (Å²) in [7, 11) is -0.504. The molecule has 3 rings (SSSR count). The number of anilines is 1. The average Bonchev–Trinajstić information content (AvgIpc) is 3.02. The van der Waals surface area contributed by atoms with Crippen molar-refractivity contribution in [2.75, 3.05) is 24.5 Å². The zero-order chi connectivity index (χ0) is 28.5. The zero-order valence-corrected chi connectivity index (χ0v) is 24.8. The number of hydrogen-bond donors (Lipinski definition) is 1. The lowest BCUT2D eigenvalue weighted by Crippen LogP contribution is -2.52. The Bertz CT molecular complexity index is 963. The molecule has 0 spiro atoms. The number of hydrogen-bond acceptors (Lipinski definition) is 8. The Morgan fingerprint density at radius 1 is 1.16 bits per heavy atom. The van der Waals surface area contributed by atoms with E-state index < -0.39 is 36.1 Å². The fourth-order valence-electron chi connectivity index (χ4n) is 4.62. The molecule has 0 radical (unpaired) electrons. The molecular weight excluding hydrogens is 485 g/mol. The van der Waals surface area contributed by atoms with Gasteiger partial charge in [-0.25, -0.2) is 14.8 Å². The topological polar surface area (TPSA) is 106 Å². The van der Waals surface area contributed by atoms with Crippen LogP contribution >= 0.6 is 0 Å². The van der Waals surface area contributed by atoms with E-state index in [2.05, 4.69) is 34.0 Å². The van der Waals surface area contributed by atoms with Gasteiger partial charge in [-0.3, -0.25) is 4.79 Å². The third-order valence-electron chi connectivity index (χ3n) is 7.45. The molecule has 2 fully saturated rings. The Hall–Kier alpha value is -2.40. The minimum Gasteiger partial charge on any atom is -0.444 e. The van der Waals surface area contributed by atoms with Crippen LogP contribution in [-0.2, 0) is 18.8 Å². The summed E-state index contributed by atoms with van der Waals surface area (Å²) < 4.78 is 17.6. The monoisotopic (exact) mass is 531 g/mol. The number of alkyl carbamates (subject to hydrolysis) is 1. The van der Waals surface area contributed by atoms with E-state index in [1.54, 1.807) is 40.1 Å². The minimum absolute atomic E-state index is 0.0975. The summed E-state index contributed by atoms with van der Waals surface area (Å²) in [4.78, 5) is 38.6. The molecule has 2 aliphatic heterocycles. The van der Waals surface area contributed by atoms with Crippen molar-refractivity contribution in [3.05, 3.63) is 12.4 Å². The summed E-state index contributed by atoms with van der Waals surface area (Å²) >= 11 is 0. The largest absolute Gasteiger partial charge is 0.498 e. The number of piperidine rings is 1. The maximum absolute atomic E-state index is 13.1. The van der Waals surface area contributed by atoms with Crippen LogP contribution < -0.4 is 15.7 Å². The number of ether oxygens (including phenoxy) is 1.